The van der Waals surface area contributed by atoms with Gasteiger partial charge in [0, 0.05) is 0 Å². The fourth-order valence-corrected chi connectivity index (χ4v) is 5.66. The number of hydrogen-bond donors (Lipinski definition) is 4. The highest BCUT2D eigenvalue weighted by Crippen LogP contribution is 2.32. The van der Waals surface area contributed by atoms with Gasteiger partial charge in [0.15, 0.2) is 0 Å². The molecule has 4 N–H and O–H groups in total. The standard InChI is InChI=1S/C30H60.2CH2O3/c1-3-4-5-6-7-8-9-10-11-12-13-14-15-16-17-18-19-20-21-23-26-29(2)30-27-24-22-25-28-30;2*2-1(3)4/h29-30H,3-28H2,1-2H3;2*(H2,2,3,4). The van der Waals surface area contributed by atoms with Crippen LogP contribution in [0.4, 0.5) is 9.59 Å². The lowest BCUT2D eigenvalue weighted by Crippen LogP contribution is -2.15. The van der Waals surface area contributed by atoms with Gasteiger partial charge < -0.3 is 20.4 Å². The SMILES string of the molecule is CCCCCCCCCCCCCCCCCCCCCCC(C)C1CCCCC1.O=C(O)O.O=C(O)O. The van der Waals surface area contributed by atoms with Crippen molar-refractivity contribution in [1.29, 1.82) is 0 Å². The summed E-state index contributed by atoms with van der Waals surface area (Å²) in [7, 11) is 0. The highest BCUT2D eigenvalue weighted by molar-refractivity contribution is 5.53. The molecule has 1 aliphatic carbocycles. The second kappa shape index (κ2) is 31.8. The number of hydrogen-bond acceptors (Lipinski definition) is 2. The monoisotopic (exact) mass is 544 g/mol. The van der Waals surface area contributed by atoms with Gasteiger partial charge in [-0.1, -0.05) is 181 Å². The van der Waals surface area contributed by atoms with Crippen LogP contribution in [-0.4, -0.2) is 32.7 Å². The van der Waals surface area contributed by atoms with Crippen molar-refractivity contribution < 1.29 is 30.0 Å². The second-order valence-electron chi connectivity index (χ2n) is 11.4. The fraction of sp³-hybridized carbons (Fsp3) is 0.938. The zero-order valence-electron chi connectivity index (χ0n) is 25.1. The van der Waals surface area contributed by atoms with E-state index in [1.54, 1.807) is 0 Å². The van der Waals surface area contributed by atoms with Gasteiger partial charge in [0.25, 0.3) is 0 Å². The topological polar surface area (TPSA) is 115 Å². The molecule has 0 amide bonds. The highest BCUT2D eigenvalue weighted by Gasteiger charge is 2.19. The molecule has 1 fully saturated rings. The zero-order valence-corrected chi connectivity index (χ0v) is 25.1. The molecule has 0 aromatic carbocycles. The Balaban J connectivity index is 0. The van der Waals surface area contributed by atoms with E-state index < -0.39 is 12.3 Å². The predicted molar refractivity (Wildman–Crippen MR) is 160 cm³/mol. The molecule has 1 atom stereocenters. The highest BCUT2D eigenvalue weighted by atomic mass is 16.6. The Hall–Kier alpha value is -1.46. The molecule has 0 aromatic rings. The molecule has 0 radical (unpaired) electrons. The lowest BCUT2D eigenvalue weighted by Gasteiger charge is -2.27. The third kappa shape index (κ3) is 36.7. The predicted octanol–water partition coefficient (Wildman–Crippen LogP) is 11.9. The maximum Gasteiger partial charge on any atom is 0.503 e. The summed E-state index contributed by atoms with van der Waals surface area (Å²) < 4.78 is 0. The maximum atomic E-state index is 8.56. The summed E-state index contributed by atoms with van der Waals surface area (Å²) in [6.45, 7) is 4.84. The van der Waals surface area contributed by atoms with Gasteiger partial charge in [-0.25, -0.2) is 9.59 Å². The van der Waals surface area contributed by atoms with E-state index >= 15 is 0 Å². The van der Waals surface area contributed by atoms with Crippen molar-refractivity contribution in [1.82, 2.24) is 0 Å². The Morgan fingerprint density at radius 3 is 1.08 bits per heavy atom. The summed E-state index contributed by atoms with van der Waals surface area (Å²) >= 11 is 0. The zero-order chi connectivity index (χ0) is 28.7. The fourth-order valence-electron chi connectivity index (χ4n) is 5.66. The third-order valence-corrected chi connectivity index (χ3v) is 7.97. The molecule has 38 heavy (non-hydrogen) atoms. The van der Waals surface area contributed by atoms with Gasteiger partial charge in [-0.05, 0) is 11.8 Å². The van der Waals surface area contributed by atoms with E-state index in [0.29, 0.717) is 0 Å². The maximum absolute atomic E-state index is 8.56. The molecule has 1 aliphatic rings. The van der Waals surface area contributed by atoms with Crippen molar-refractivity contribution in [3.8, 4) is 0 Å². The van der Waals surface area contributed by atoms with Crippen LogP contribution in [0.3, 0.4) is 0 Å². The van der Waals surface area contributed by atoms with Crippen LogP contribution < -0.4 is 0 Å². The molecule has 0 bridgehead atoms. The average molecular weight is 545 g/mol. The first-order valence-corrected chi connectivity index (χ1v) is 16.1. The van der Waals surface area contributed by atoms with Gasteiger partial charge >= 0.3 is 12.3 Å². The second-order valence-corrected chi connectivity index (χ2v) is 11.4. The molecule has 1 rings (SSSR count). The summed E-state index contributed by atoms with van der Waals surface area (Å²) in [5.74, 6) is 2.07. The molecule has 1 saturated carbocycles. The molecule has 6 heteroatoms. The van der Waals surface area contributed by atoms with E-state index in [1.807, 2.05) is 0 Å². The Labute approximate surface area is 235 Å². The lowest BCUT2D eigenvalue weighted by atomic mass is 9.79. The van der Waals surface area contributed by atoms with Gasteiger partial charge in [-0.3, -0.25) is 0 Å². The van der Waals surface area contributed by atoms with Gasteiger partial charge in [-0.2, -0.15) is 0 Å². The lowest BCUT2D eigenvalue weighted by molar-refractivity contribution is 0.135. The van der Waals surface area contributed by atoms with E-state index in [-0.39, 0.29) is 0 Å². The molecule has 0 spiro atoms. The minimum absolute atomic E-state index is 1.00. The molecule has 1 unspecified atom stereocenters. The van der Waals surface area contributed by atoms with E-state index in [1.165, 1.54) is 167 Å². The molecular formula is C32H64O6. The van der Waals surface area contributed by atoms with Crippen molar-refractivity contribution in [3.05, 3.63) is 0 Å². The van der Waals surface area contributed by atoms with Crippen LogP contribution in [0.2, 0.25) is 0 Å². The van der Waals surface area contributed by atoms with Crippen molar-refractivity contribution in [3.63, 3.8) is 0 Å². The minimum Gasteiger partial charge on any atom is -0.450 e. The van der Waals surface area contributed by atoms with Crippen molar-refractivity contribution in [2.75, 3.05) is 0 Å². The van der Waals surface area contributed by atoms with Crippen molar-refractivity contribution >= 4 is 12.3 Å². The van der Waals surface area contributed by atoms with Gasteiger partial charge in [-0.15, -0.1) is 0 Å². The van der Waals surface area contributed by atoms with Crippen LogP contribution in [0.5, 0.6) is 0 Å². The van der Waals surface area contributed by atoms with E-state index in [4.69, 9.17) is 30.0 Å². The minimum atomic E-state index is -1.83. The molecule has 0 heterocycles. The average Bonchev–Trinajstić information content (AvgIpc) is 2.87. The summed E-state index contributed by atoms with van der Waals surface area (Å²) in [6, 6.07) is 0. The first-order valence-electron chi connectivity index (χ1n) is 16.1. The normalized spacial score (nSPS) is 14.1. The van der Waals surface area contributed by atoms with E-state index in [9.17, 15) is 0 Å². The molecule has 228 valence electrons. The van der Waals surface area contributed by atoms with Crippen molar-refractivity contribution in [2.24, 2.45) is 11.8 Å². The van der Waals surface area contributed by atoms with Crippen LogP contribution >= 0.6 is 0 Å². The Morgan fingerprint density at radius 2 is 0.789 bits per heavy atom. The van der Waals surface area contributed by atoms with E-state index in [2.05, 4.69) is 13.8 Å². The van der Waals surface area contributed by atoms with Crippen molar-refractivity contribution in [2.45, 2.75) is 181 Å². The van der Waals surface area contributed by atoms with Crippen LogP contribution in [0.1, 0.15) is 181 Å². The van der Waals surface area contributed by atoms with Crippen LogP contribution in [-0.2, 0) is 0 Å². The van der Waals surface area contributed by atoms with Gasteiger partial charge in [0.05, 0.1) is 0 Å². The molecule has 0 aromatic heterocycles. The summed E-state index contributed by atoms with van der Waals surface area (Å²) in [5.41, 5.74) is 0. The van der Waals surface area contributed by atoms with Gasteiger partial charge in [0.2, 0.25) is 0 Å². The molecule has 0 aliphatic heterocycles. The number of unbranched alkanes of at least 4 members (excludes halogenated alkanes) is 19. The summed E-state index contributed by atoms with van der Waals surface area (Å²) in [6.07, 6.45) is 35.1. The largest absolute Gasteiger partial charge is 0.503 e. The molecular weight excluding hydrogens is 480 g/mol. The number of rotatable bonds is 22. The third-order valence-electron chi connectivity index (χ3n) is 7.97. The van der Waals surface area contributed by atoms with Crippen LogP contribution in [0.25, 0.3) is 0 Å². The van der Waals surface area contributed by atoms with Crippen LogP contribution in [0.15, 0.2) is 0 Å². The first-order chi connectivity index (χ1) is 18.3. The van der Waals surface area contributed by atoms with Crippen LogP contribution in [0, 0.1) is 11.8 Å². The number of carbonyl (C=O) groups is 2. The molecule has 0 saturated heterocycles. The number of carboxylic acid groups (broad SMARTS) is 4. The Morgan fingerprint density at radius 1 is 0.526 bits per heavy atom. The summed E-state index contributed by atoms with van der Waals surface area (Å²) in [4.78, 5) is 17.1. The Bertz CT molecular complexity index is 470. The molecule has 6 nitrogen and oxygen atoms in total. The Kier molecular flexibility index (Phi) is 32.3. The van der Waals surface area contributed by atoms with Gasteiger partial charge in [0.1, 0.15) is 0 Å². The quantitative estimate of drug-likeness (QED) is 0.101. The smallest absolute Gasteiger partial charge is 0.450 e. The first kappa shape index (κ1) is 38.7. The summed E-state index contributed by atoms with van der Waals surface area (Å²) in [5, 5.41) is 27.9. The van der Waals surface area contributed by atoms with E-state index in [0.717, 1.165) is 11.8 Å².